The second kappa shape index (κ2) is 7.97. The van der Waals surface area contributed by atoms with Crippen LogP contribution in [0.2, 0.25) is 0 Å². The Morgan fingerprint density at radius 1 is 1.31 bits per heavy atom. The Kier molecular flexibility index (Phi) is 7.57. The van der Waals surface area contributed by atoms with Crippen molar-refractivity contribution in [3.05, 3.63) is 0 Å². The Labute approximate surface area is 78.4 Å². The van der Waals surface area contributed by atoms with Crippen LogP contribution >= 0.6 is 0 Å². The first-order chi connectivity index (χ1) is 6.20. The van der Waals surface area contributed by atoms with E-state index in [-0.39, 0.29) is 25.5 Å². The molecule has 5 nitrogen and oxygen atoms in total. The number of nitrogens with zero attached hydrogens (tertiary/aromatic N) is 1. The highest BCUT2D eigenvalue weighted by Gasteiger charge is 2.00. The number of nitrogens with one attached hydrogen (secondary N) is 1. The summed E-state index contributed by atoms with van der Waals surface area (Å²) in [5.74, 6) is -0.139. The fourth-order valence-corrected chi connectivity index (χ4v) is 0.859. The number of aliphatic hydroxyl groups excluding tert-OH is 2. The maximum absolute atomic E-state index is 10.8. The lowest BCUT2D eigenvalue weighted by Gasteiger charge is -2.14. The molecule has 0 aromatic rings. The summed E-state index contributed by atoms with van der Waals surface area (Å²) < 4.78 is 0. The van der Waals surface area contributed by atoms with E-state index in [1.54, 1.807) is 0 Å². The average Bonchev–Trinajstić information content (AvgIpc) is 2.05. The Morgan fingerprint density at radius 3 is 2.54 bits per heavy atom. The van der Waals surface area contributed by atoms with Gasteiger partial charge in [-0.05, 0) is 7.05 Å². The molecule has 0 aromatic carbocycles. The van der Waals surface area contributed by atoms with Crippen LogP contribution in [-0.2, 0) is 4.79 Å². The number of amides is 1. The number of likely N-dealkylation sites (N-methyl/N-ethyl adjacent to an activating group) is 1. The summed E-state index contributed by atoms with van der Waals surface area (Å²) in [6.07, 6.45) is 0.156. The second-order valence-electron chi connectivity index (χ2n) is 2.85. The molecule has 0 radical (unpaired) electrons. The smallest absolute Gasteiger partial charge is 0.222 e. The zero-order valence-electron chi connectivity index (χ0n) is 7.99. The molecule has 0 aliphatic rings. The molecule has 5 heteroatoms. The number of carbonyl (C=O) groups is 1. The molecule has 0 aliphatic heterocycles. The maximum atomic E-state index is 10.8. The molecule has 0 heterocycles. The molecule has 0 saturated heterocycles. The Bertz CT molecular complexity index is 141. The number of aliphatic hydroxyl groups is 2. The summed E-state index contributed by atoms with van der Waals surface area (Å²) in [5.41, 5.74) is 0. The molecule has 0 rings (SSSR count). The number of hydrogen-bond acceptors (Lipinski definition) is 4. The van der Waals surface area contributed by atoms with Gasteiger partial charge in [0.25, 0.3) is 0 Å². The van der Waals surface area contributed by atoms with Crippen LogP contribution in [0.25, 0.3) is 0 Å². The Hall–Kier alpha value is -0.650. The van der Waals surface area contributed by atoms with Crippen LogP contribution in [-0.4, -0.2) is 60.9 Å². The minimum absolute atomic E-state index is 0.113. The first-order valence-corrected chi connectivity index (χ1v) is 4.37. The molecular formula is C8H18N2O3. The van der Waals surface area contributed by atoms with Crippen molar-refractivity contribution in [3.8, 4) is 0 Å². The third-order valence-electron chi connectivity index (χ3n) is 1.64. The van der Waals surface area contributed by atoms with E-state index in [0.29, 0.717) is 19.6 Å². The molecule has 0 bridgehead atoms. The van der Waals surface area contributed by atoms with E-state index in [0.717, 1.165) is 0 Å². The summed E-state index contributed by atoms with van der Waals surface area (Å²) in [6.45, 7) is 1.88. The van der Waals surface area contributed by atoms with E-state index in [9.17, 15) is 4.79 Å². The van der Waals surface area contributed by atoms with Crippen molar-refractivity contribution in [1.29, 1.82) is 0 Å². The van der Waals surface area contributed by atoms with E-state index in [4.69, 9.17) is 10.2 Å². The number of carbonyl (C=O) groups excluding carboxylic acids is 1. The normalized spacial score (nSPS) is 10.5. The lowest BCUT2D eigenvalue weighted by atomic mass is 10.4. The summed E-state index contributed by atoms with van der Waals surface area (Å²) in [7, 11) is 1.87. The van der Waals surface area contributed by atoms with Crippen molar-refractivity contribution in [2.45, 2.75) is 6.42 Å². The minimum atomic E-state index is -0.139. The molecule has 0 aromatic heterocycles. The van der Waals surface area contributed by atoms with Crippen LogP contribution in [0.1, 0.15) is 6.42 Å². The highest BCUT2D eigenvalue weighted by molar-refractivity contribution is 5.75. The Morgan fingerprint density at radius 2 is 2.00 bits per heavy atom. The van der Waals surface area contributed by atoms with Crippen LogP contribution in [0, 0.1) is 0 Å². The molecule has 3 N–H and O–H groups in total. The van der Waals surface area contributed by atoms with E-state index < -0.39 is 0 Å². The third kappa shape index (κ3) is 7.70. The fraction of sp³-hybridized carbons (Fsp3) is 0.875. The fourth-order valence-electron chi connectivity index (χ4n) is 0.859. The molecular weight excluding hydrogens is 172 g/mol. The van der Waals surface area contributed by atoms with Gasteiger partial charge in [0.05, 0.1) is 13.2 Å². The largest absolute Gasteiger partial charge is 0.396 e. The van der Waals surface area contributed by atoms with Gasteiger partial charge in [-0.25, -0.2) is 0 Å². The van der Waals surface area contributed by atoms with Gasteiger partial charge in [0.2, 0.25) is 5.91 Å². The van der Waals surface area contributed by atoms with Crippen molar-refractivity contribution in [2.75, 3.05) is 39.9 Å². The topological polar surface area (TPSA) is 72.8 Å². The molecule has 13 heavy (non-hydrogen) atoms. The SMILES string of the molecule is CN(CCO)CCNC(=O)CCO. The average molecular weight is 190 g/mol. The molecule has 0 saturated carbocycles. The molecule has 0 spiro atoms. The summed E-state index contributed by atoms with van der Waals surface area (Å²) >= 11 is 0. The van der Waals surface area contributed by atoms with E-state index in [2.05, 4.69) is 5.32 Å². The molecule has 0 unspecified atom stereocenters. The third-order valence-corrected chi connectivity index (χ3v) is 1.64. The van der Waals surface area contributed by atoms with Crippen LogP contribution < -0.4 is 5.32 Å². The van der Waals surface area contributed by atoms with Gasteiger partial charge in [0.1, 0.15) is 0 Å². The van der Waals surface area contributed by atoms with Crippen LogP contribution in [0.15, 0.2) is 0 Å². The highest BCUT2D eigenvalue weighted by Crippen LogP contribution is 1.80. The molecule has 78 valence electrons. The lowest BCUT2D eigenvalue weighted by Crippen LogP contribution is -2.34. The van der Waals surface area contributed by atoms with Gasteiger partial charge in [-0.2, -0.15) is 0 Å². The first kappa shape index (κ1) is 12.3. The van der Waals surface area contributed by atoms with Crippen LogP contribution in [0.4, 0.5) is 0 Å². The van der Waals surface area contributed by atoms with Gasteiger partial charge in [0.15, 0.2) is 0 Å². The first-order valence-electron chi connectivity index (χ1n) is 4.37. The van der Waals surface area contributed by atoms with Gasteiger partial charge in [-0.15, -0.1) is 0 Å². The van der Waals surface area contributed by atoms with Gasteiger partial charge in [0, 0.05) is 26.1 Å². The second-order valence-corrected chi connectivity index (χ2v) is 2.85. The minimum Gasteiger partial charge on any atom is -0.396 e. The lowest BCUT2D eigenvalue weighted by molar-refractivity contribution is -0.121. The van der Waals surface area contributed by atoms with Gasteiger partial charge in [-0.3, -0.25) is 4.79 Å². The van der Waals surface area contributed by atoms with Crippen molar-refractivity contribution in [2.24, 2.45) is 0 Å². The summed E-state index contributed by atoms with van der Waals surface area (Å²) in [5, 5.41) is 19.6. The summed E-state index contributed by atoms with van der Waals surface area (Å²) in [4.78, 5) is 12.8. The quantitative estimate of drug-likeness (QED) is 0.452. The van der Waals surface area contributed by atoms with E-state index in [1.807, 2.05) is 11.9 Å². The van der Waals surface area contributed by atoms with Gasteiger partial charge < -0.3 is 20.4 Å². The van der Waals surface area contributed by atoms with Crippen molar-refractivity contribution in [1.82, 2.24) is 10.2 Å². The monoisotopic (exact) mass is 190 g/mol. The standard InChI is InChI=1S/C8H18N2O3/c1-10(5-7-12)4-3-9-8(13)2-6-11/h11-12H,2-7H2,1H3,(H,9,13). The summed E-state index contributed by atoms with van der Waals surface area (Å²) in [6, 6.07) is 0. The highest BCUT2D eigenvalue weighted by atomic mass is 16.3. The predicted molar refractivity (Wildman–Crippen MR) is 49.3 cm³/mol. The number of hydrogen-bond donors (Lipinski definition) is 3. The molecule has 0 aliphatic carbocycles. The molecule has 0 atom stereocenters. The van der Waals surface area contributed by atoms with Crippen LogP contribution in [0.5, 0.6) is 0 Å². The number of rotatable bonds is 7. The zero-order valence-corrected chi connectivity index (χ0v) is 7.99. The van der Waals surface area contributed by atoms with E-state index in [1.165, 1.54) is 0 Å². The predicted octanol–water partition coefficient (Wildman–Crippen LogP) is -1.59. The van der Waals surface area contributed by atoms with Crippen molar-refractivity contribution in [3.63, 3.8) is 0 Å². The zero-order chi connectivity index (χ0) is 10.1. The van der Waals surface area contributed by atoms with Crippen molar-refractivity contribution >= 4 is 5.91 Å². The van der Waals surface area contributed by atoms with Gasteiger partial charge >= 0.3 is 0 Å². The van der Waals surface area contributed by atoms with Crippen molar-refractivity contribution < 1.29 is 15.0 Å². The Balaban J connectivity index is 3.28. The van der Waals surface area contributed by atoms with E-state index >= 15 is 0 Å². The molecule has 0 fully saturated rings. The maximum Gasteiger partial charge on any atom is 0.222 e. The van der Waals surface area contributed by atoms with Crippen LogP contribution in [0.3, 0.4) is 0 Å². The van der Waals surface area contributed by atoms with Gasteiger partial charge in [-0.1, -0.05) is 0 Å². The molecule has 1 amide bonds.